The van der Waals surface area contributed by atoms with E-state index >= 15 is 0 Å². The fourth-order valence-corrected chi connectivity index (χ4v) is 3.22. The van der Waals surface area contributed by atoms with Crippen LogP contribution in [0.1, 0.15) is 22.5 Å². The molecule has 1 amide bonds. The van der Waals surface area contributed by atoms with Crippen LogP contribution in [0.2, 0.25) is 5.02 Å². The van der Waals surface area contributed by atoms with Gasteiger partial charge in [0.15, 0.2) is 6.61 Å². The number of carbonyl (C=O) groups excluding carboxylic acids is 2. The smallest absolute Gasteiger partial charge is 0.344 e. The van der Waals surface area contributed by atoms with E-state index in [1.54, 1.807) is 0 Å². The second-order valence-electron chi connectivity index (χ2n) is 6.57. The number of nitriles is 1. The van der Waals surface area contributed by atoms with Gasteiger partial charge < -0.3 is 14.2 Å². The first-order valence-corrected chi connectivity index (χ1v) is 9.72. The lowest BCUT2D eigenvalue weighted by molar-refractivity contribution is -0.121. The molecule has 3 rings (SSSR count). The summed E-state index contributed by atoms with van der Waals surface area (Å²) in [5, 5.41) is 12.6. The normalized spacial score (nSPS) is 10.5. The SMILES string of the molecule is Cc1onc(-c2c(F)cccc2Cl)c1C(=O)OCC(=O)N(CCC#N)c1ccc(F)cc1. The third-order valence-corrected chi connectivity index (χ3v) is 4.79. The molecule has 0 fully saturated rings. The number of hydrogen-bond acceptors (Lipinski definition) is 6. The highest BCUT2D eigenvalue weighted by atomic mass is 35.5. The van der Waals surface area contributed by atoms with Crippen LogP contribution in [0.3, 0.4) is 0 Å². The van der Waals surface area contributed by atoms with Crippen LogP contribution in [-0.2, 0) is 9.53 Å². The molecular weight excluding hydrogens is 444 g/mol. The molecule has 164 valence electrons. The van der Waals surface area contributed by atoms with E-state index in [1.165, 1.54) is 48.2 Å². The predicted octanol–water partition coefficient (Wildman–Crippen LogP) is 4.69. The molecule has 0 bridgehead atoms. The topological polar surface area (TPSA) is 96.4 Å². The monoisotopic (exact) mass is 459 g/mol. The number of esters is 1. The van der Waals surface area contributed by atoms with Crippen molar-refractivity contribution in [2.24, 2.45) is 0 Å². The number of aromatic nitrogens is 1. The number of carbonyl (C=O) groups is 2. The van der Waals surface area contributed by atoms with Crippen LogP contribution in [0.5, 0.6) is 0 Å². The van der Waals surface area contributed by atoms with Crippen molar-refractivity contribution in [3.05, 3.63) is 70.4 Å². The summed E-state index contributed by atoms with van der Waals surface area (Å²) in [5.41, 5.74) is -0.119. The maximum absolute atomic E-state index is 14.3. The van der Waals surface area contributed by atoms with Gasteiger partial charge in [0.25, 0.3) is 5.91 Å². The van der Waals surface area contributed by atoms with Crippen molar-refractivity contribution in [3.63, 3.8) is 0 Å². The predicted molar refractivity (Wildman–Crippen MR) is 111 cm³/mol. The number of benzene rings is 2. The summed E-state index contributed by atoms with van der Waals surface area (Å²) in [6.45, 7) is 0.763. The minimum atomic E-state index is -0.967. The van der Waals surface area contributed by atoms with Crippen LogP contribution in [0.4, 0.5) is 14.5 Å². The summed E-state index contributed by atoms with van der Waals surface area (Å²) in [6, 6.07) is 11.0. The molecule has 0 unspecified atom stereocenters. The van der Waals surface area contributed by atoms with Crippen molar-refractivity contribution < 1.29 is 27.6 Å². The van der Waals surface area contributed by atoms with Gasteiger partial charge in [-0.25, -0.2) is 13.6 Å². The zero-order valence-electron chi connectivity index (χ0n) is 16.8. The Bertz CT molecular complexity index is 1170. The quantitative estimate of drug-likeness (QED) is 0.476. The van der Waals surface area contributed by atoms with Crippen molar-refractivity contribution in [2.75, 3.05) is 18.1 Å². The van der Waals surface area contributed by atoms with Crippen LogP contribution < -0.4 is 4.90 Å². The molecule has 0 saturated heterocycles. The molecule has 0 aliphatic rings. The molecule has 0 aliphatic heterocycles. The molecule has 1 aromatic heterocycles. The minimum Gasteiger partial charge on any atom is -0.452 e. The molecular formula is C22H16ClF2N3O4. The van der Waals surface area contributed by atoms with Crippen molar-refractivity contribution in [1.29, 1.82) is 5.26 Å². The van der Waals surface area contributed by atoms with Crippen molar-refractivity contribution in [1.82, 2.24) is 5.16 Å². The second kappa shape index (κ2) is 10.0. The third-order valence-electron chi connectivity index (χ3n) is 4.48. The van der Waals surface area contributed by atoms with E-state index in [-0.39, 0.29) is 40.6 Å². The molecule has 10 heteroatoms. The molecule has 1 heterocycles. The number of anilines is 1. The number of aryl methyl sites for hydroxylation is 1. The molecule has 2 aromatic carbocycles. The highest BCUT2D eigenvalue weighted by Gasteiger charge is 2.27. The van der Waals surface area contributed by atoms with Gasteiger partial charge in [-0.2, -0.15) is 5.26 Å². The first-order valence-electron chi connectivity index (χ1n) is 9.34. The summed E-state index contributed by atoms with van der Waals surface area (Å²) < 4.78 is 37.7. The summed E-state index contributed by atoms with van der Waals surface area (Å²) in [4.78, 5) is 26.6. The van der Waals surface area contributed by atoms with Crippen molar-refractivity contribution in [3.8, 4) is 17.3 Å². The van der Waals surface area contributed by atoms with Gasteiger partial charge in [0, 0.05) is 12.2 Å². The molecule has 0 radical (unpaired) electrons. The molecule has 0 N–H and O–H groups in total. The van der Waals surface area contributed by atoms with Gasteiger partial charge in [-0.15, -0.1) is 0 Å². The van der Waals surface area contributed by atoms with E-state index in [4.69, 9.17) is 26.1 Å². The Hall–Kier alpha value is -3.77. The zero-order valence-corrected chi connectivity index (χ0v) is 17.5. The van der Waals surface area contributed by atoms with Gasteiger partial charge in [0.1, 0.15) is 28.7 Å². The Morgan fingerprint density at radius 1 is 1.22 bits per heavy atom. The van der Waals surface area contributed by atoms with Gasteiger partial charge in [-0.05, 0) is 43.3 Å². The highest BCUT2D eigenvalue weighted by molar-refractivity contribution is 6.33. The van der Waals surface area contributed by atoms with Crippen molar-refractivity contribution >= 4 is 29.2 Å². The van der Waals surface area contributed by atoms with E-state index in [1.807, 2.05) is 6.07 Å². The van der Waals surface area contributed by atoms with Crippen LogP contribution in [0, 0.1) is 29.9 Å². The van der Waals surface area contributed by atoms with Gasteiger partial charge in [0.2, 0.25) is 0 Å². The maximum Gasteiger partial charge on any atom is 0.344 e. The Morgan fingerprint density at radius 2 is 1.94 bits per heavy atom. The Balaban J connectivity index is 1.80. The minimum absolute atomic E-state index is 0.0117. The van der Waals surface area contributed by atoms with E-state index in [9.17, 15) is 18.4 Å². The number of halogens is 3. The lowest BCUT2D eigenvalue weighted by Gasteiger charge is -2.21. The molecule has 0 atom stereocenters. The first-order chi connectivity index (χ1) is 15.3. The van der Waals surface area contributed by atoms with Gasteiger partial charge >= 0.3 is 5.97 Å². The van der Waals surface area contributed by atoms with Gasteiger partial charge in [-0.1, -0.05) is 22.8 Å². The van der Waals surface area contributed by atoms with Crippen LogP contribution in [0.25, 0.3) is 11.3 Å². The summed E-state index contributed by atoms with van der Waals surface area (Å²) >= 11 is 6.06. The Kier molecular flexibility index (Phi) is 7.18. The Morgan fingerprint density at radius 3 is 2.59 bits per heavy atom. The summed E-state index contributed by atoms with van der Waals surface area (Å²) in [5.74, 6) is -2.76. The number of hydrogen-bond donors (Lipinski definition) is 0. The number of amides is 1. The lowest BCUT2D eigenvalue weighted by atomic mass is 10.1. The van der Waals surface area contributed by atoms with Crippen LogP contribution in [0.15, 0.2) is 47.0 Å². The maximum atomic E-state index is 14.3. The van der Waals surface area contributed by atoms with Crippen LogP contribution >= 0.6 is 11.6 Å². The van der Waals surface area contributed by atoms with E-state index in [0.29, 0.717) is 5.69 Å². The molecule has 0 saturated carbocycles. The van der Waals surface area contributed by atoms with E-state index in [0.717, 1.165) is 6.07 Å². The molecule has 0 aliphatic carbocycles. The zero-order chi connectivity index (χ0) is 23.3. The number of nitrogens with zero attached hydrogens (tertiary/aromatic N) is 3. The molecule has 7 nitrogen and oxygen atoms in total. The van der Waals surface area contributed by atoms with E-state index in [2.05, 4.69) is 5.16 Å². The molecule has 32 heavy (non-hydrogen) atoms. The molecule has 0 spiro atoms. The third kappa shape index (κ3) is 4.92. The van der Waals surface area contributed by atoms with Crippen LogP contribution in [-0.4, -0.2) is 30.2 Å². The largest absolute Gasteiger partial charge is 0.452 e. The fourth-order valence-electron chi connectivity index (χ4n) is 2.97. The average molecular weight is 460 g/mol. The summed E-state index contributed by atoms with van der Waals surface area (Å²) in [7, 11) is 0. The van der Waals surface area contributed by atoms with Crippen molar-refractivity contribution in [2.45, 2.75) is 13.3 Å². The van der Waals surface area contributed by atoms with Gasteiger partial charge in [-0.3, -0.25) is 4.79 Å². The molecule has 3 aromatic rings. The second-order valence-corrected chi connectivity index (χ2v) is 6.97. The summed E-state index contributed by atoms with van der Waals surface area (Å²) in [6.07, 6.45) is 0.0117. The van der Waals surface area contributed by atoms with E-state index < -0.39 is 30.1 Å². The Labute approximate surface area is 186 Å². The van der Waals surface area contributed by atoms with Gasteiger partial charge in [0.05, 0.1) is 23.1 Å². The fraction of sp³-hybridized carbons (Fsp3) is 0.182. The highest BCUT2D eigenvalue weighted by Crippen LogP contribution is 2.33. The lowest BCUT2D eigenvalue weighted by Crippen LogP contribution is -2.35. The number of ether oxygens (including phenoxy) is 1. The standard InChI is InChI=1S/C22H16ClF2N3O4/c1-13-19(21(27-32-13)20-16(23)4-2-5-17(20)25)22(30)31-12-18(29)28(11-3-10-26)15-8-6-14(24)7-9-15/h2,4-9H,3,11-12H2,1H3. The number of rotatable bonds is 7. The average Bonchev–Trinajstić information content (AvgIpc) is 3.14. The first kappa shape index (κ1) is 22.9.